The molecule has 0 saturated carbocycles. The van der Waals surface area contributed by atoms with Crippen LogP contribution in [0.15, 0.2) is 12.2 Å². The number of quaternary nitrogens is 1. The lowest BCUT2D eigenvalue weighted by Crippen LogP contribution is -2.52. The van der Waals surface area contributed by atoms with E-state index in [9.17, 15) is 19.5 Å². The molecule has 7 heteroatoms. The number of carbonyl (C=O) groups excluding carboxylic acids is 1. The molecule has 0 atom stereocenters. The molecular formula is C28H51NO6. The highest BCUT2D eigenvalue weighted by Gasteiger charge is 2.28. The minimum atomic E-state index is -1.20. The molecule has 204 valence electrons. The summed E-state index contributed by atoms with van der Waals surface area (Å²) in [5.74, 6) is -3.13. The summed E-state index contributed by atoms with van der Waals surface area (Å²) < 4.78 is 0.176. The van der Waals surface area contributed by atoms with Gasteiger partial charge in [-0.2, -0.15) is 0 Å². The second-order valence-corrected chi connectivity index (χ2v) is 9.94. The minimum Gasteiger partial charge on any atom is -0.550 e. The Labute approximate surface area is 213 Å². The first-order valence-corrected chi connectivity index (χ1v) is 13.9. The van der Waals surface area contributed by atoms with E-state index in [1.165, 1.54) is 77.0 Å². The van der Waals surface area contributed by atoms with E-state index in [1.54, 1.807) is 0 Å². The van der Waals surface area contributed by atoms with E-state index >= 15 is 0 Å². The van der Waals surface area contributed by atoms with Crippen LogP contribution in [0, 0.1) is 0 Å². The maximum atomic E-state index is 11.1. The summed E-state index contributed by atoms with van der Waals surface area (Å²) >= 11 is 0. The van der Waals surface area contributed by atoms with Crippen LogP contribution in [0.2, 0.25) is 0 Å². The number of nitrogens with zero attached hydrogens (tertiary/aromatic N) is 1. The van der Waals surface area contributed by atoms with Crippen molar-refractivity contribution in [3.05, 3.63) is 12.2 Å². The largest absolute Gasteiger partial charge is 0.550 e. The van der Waals surface area contributed by atoms with Crippen LogP contribution >= 0.6 is 0 Å². The normalized spacial score (nSPS) is 11.8. The summed E-state index contributed by atoms with van der Waals surface area (Å²) in [4.78, 5) is 33.2. The fourth-order valence-electron chi connectivity index (χ4n) is 4.53. The molecule has 0 aromatic heterocycles. The van der Waals surface area contributed by atoms with Crippen molar-refractivity contribution in [2.75, 3.05) is 26.2 Å². The Morgan fingerprint density at radius 2 is 1.00 bits per heavy atom. The zero-order valence-electron chi connectivity index (χ0n) is 22.2. The van der Waals surface area contributed by atoms with E-state index in [-0.39, 0.29) is 43.4 Å². The molecular weight excluding hydrogens is 446 g/mol. The third-order valence-electron chi connectivity index (χ3n) is 6.80. The molecule has 0 amide bonds. The molecule has 0 fully saturated rings. The van der Waals surface area contributed by atoms with Gasteiger partial charge in [0.15, 0.2) is 0 Å². The maximum absolute atomic E-state index is 11.1. The number of carboxylic acids is 3. The average Bonchev–Trinajstić information content (AvgIpc) is 2.81. The van der Waals surface area contributed by atoms with Crippen LogP contribution in [0.5, 0.6) is 0 Å². The van der Waals surface area contributed by atoms with E-state index in [2.05, 4.69) is 19.1 Å². The fraction of sp³-hybridized carbons (Fsp3) is 0.821. The third kappa shape index (κ3) is 22.3. The van der Waals surface area contributed by atoms with E-state index < -0.39 is 17.9 Å². The van der Waals surface area contributed by atoms with Gasteiger partial charge in [-0.1, -0.05) is 96.1 Å². The molecule has 0 bridgehead atoms. The molecule has 0 heterocycles. The van der Waals surface area contributed by atoms with Gasteiger partial charge in [-0.3, -0.25) is 9.59 Å². The highest BCUT2D eigenvalue weighted by atomic mass is 16.4. The number of carbonyl (C=O) groups is 3. The summed E-state index contributed by atoms with van der Waals surface area (Å²) in [7, 11) is 0. The minimum absolute atomic E-state index is 0.116. The van der Waals surface area contributed by atoms with Gasteiger partial charge in [-0.15, -0.1) is 0 Å². The van der Waals surface area contributed by atoms with Crippen LogP contribution in [0.4, 0.5) is 0 Å². The Balaban J connectivity index is 4.11. The van der Waals surface area contributed by atoms with Gasteiger partial charge in [0.05, 0.1) is 39.0 Å². The molecule has 0 unspecified atom stereocenters. The van der Waals surface area contributed by atoms with Gasteiger partial charge < -0.3 is 24.6 Å². The number of hydrogen-bond donors (Lipinski definition) is 2. The topological polar surface area (TPSA) is 115 Å². The number of rotatable bonds is 26. The third-order valence-corrected chi connectivity index (χ3v) is 6.80. The van der Waals surface area contributed by atoms with Crippen molar-refractivity contribution < 1.29 is 34.2 Å². The first-order valence-electron chi connectivity index (χ1n) is 13.9. The van der Waals surface area contributed by atoms with Gasteiger partial charge in [0.25, 0.3) is 0 Å². The Morgan fingerprint density at radius 3 is 1.43 bits per heavy atom. The number of unbranched alkanes of at least 4 members (excludes halogenated alkanes) is 13. The van der Waals surface area contributed by atoms with Gasteiger partial charge in [-0.25, -0.2) is 0 Å². The molecule has 7 nitrogen and oxygen atoms in total. The predicted octanol–water partition coefficient (Wildman–Crippen LogP) is 5.32. The van der Waals surface area contributed by atoms with E-state index in [4.69, 9.17) is 10.2 Å². The molecule has 35 heavy (non-hydrogen) atoms. The van der Waals surface area contributed by atoms with Crippen molar-refractivity contribution >= 4 is 17.9 Å². The highest BCUT2D eigenvalue weighted by Crippen LogP contribution is 2.15. The number of allylic oxidation sites excluding steroid dienone is 1. The summed E-state index contributed by atoms with van der Waals surface area (Å²) in [6, 6.07) is 0. The lowest BCUT2D eigenvalue weighted by molar-refractivity contribution is -0.926. The molecule has 0 aromatic carbocycles. The van der Waals surface area contributed by atoms with Crippen molar-refractivity contribution in [2.45, 2.75) is 122 Å². The molecule has 0 aliphatic carbocycles. The smallest absolute Gasteiger partial charge is 0.309 e. The zero-order chi connectivity index (χ0) is 26.2. The van der Waals surface area contributed by atoms with Crippen molar-refractivity contribution in [1.82, 2.24) is 0 Å². The lowest BCUT2D eigenvalue weighted by atomic mass is 10.0. The number of hydrogen-bond acceptors (Lipinski definition) is 4. The monoisotopic (exact) mass is 497 g/mol. The molecule has 0 aliphatic heterocycles. The summed E-state index contributed by atoms with van der Waals surface area (Å²) in [5.41, 5.74) is 0. The van der Waals surface area contributed by atoms with Gasteiger partial charge in [0.1, 0.15) is 0 Å². The molecule has 0 radical (unpaired) electrons. The van der Waals surface area contributed by atoms with Crippen LogP contribution in [0.3, 0.4) is 0 Å². The van der Waals surface area contributed by atoms with E-state index in [0.29, 0.717) is 13.0 Å². The van der Waals surface area contributed by atoms with Gasteiger partial charge in [-0.05, 0) is 12.8 Å². The zero-order valence-corrected chi connectivity index (χ0v) is 22.2. The Kier molecular flexibility index (Phi) is 21.3. The second kappa shape index (κ2) is 22.6. The van der Waals surface area contributed by atoms with Crippen molar-refractivity contribution in [3.8, 4) is 0 Å². The summed E-state index contributed by atoms with van der Waals surface area (Å²) in [5, 5.41) is 29.2. The lowest BCUT2D eigenvalue weighted by Gasteiger charge is -2.38. The Hall–Kier alpha value is -1.89. The van der Waals surface area contributed by atoms with Crippen LogP contribution in [0.25, 0.3) is 0 Å². The second-order valence-electron chi connectivity index (χ2n) is 9.94. The Morgan fingerprint density at radius 1 is 0.600 bits per heavy atom. The maximum Gasteiger partial charge on any atom is 0.309 e. The molecule has 0 saturated heterocycles. The van der Waals surface area contributed by atoms with E-state index in [1.807, 2.05) is 0 Å². The Bertz CT molecular complexity index is 544. The highest BCUT2D eigenvalue weighted by molar-refractivity contribution is 5.67. The van der Waals surface area contributed by atoms with Crippen LogP contribution in [-0.4, -0.2) is 58.8 Å². The van der Waals surface area contributed by atoms with Gasteiger partial charge >= 0.3 is 11.9 Å². The average molecular weight is 498 g/mol. The first-order chi connectivity index (χ1) is 16.8. The van der Waals surface area contributed by atoms with Crippen LogP contribution in [0.1, 0.15) is 122 Å². The van der Waals surface area contributed by atoms with E-state index in [0.717, 1.165) is 12.8 Å². The van der Waals surface area contributed by atoms with Crippen LogP contribution in [-0.2, 0) is 14.4 Å². The molecule has 0 rings (SSSR count). The predicted molar refractivity (Wildman–Crippen MR) is 138 cm³/mol. The number of carboxylic acid groups (broad SMARTS) is 3. The van der Waals surface area contributed by atoms with Crippen LogP contribution < -0.4 is 5.11 Å². The molecule has 2 N–H and O–H groups in total. The summed E-state index contributed by atoms with van der Waals surface area (Å²) in [6.45, 7) is 3.42. The summed E-state index contributed by atoms with van der Waals surface area (Å²) in [6.07, 6.45) is 22.7. The standard InChI is InChI=1S/C28H51NO6/c1-2-3-4-5-6-7-8-9-10-11-12-13-14-15-16-17-18-22-29(23-19-26(30)31,24-20-27(32)33)25-21-28(34)35/h16-17H,2-15,18-25H2,1H3,(H2-,30,31,32,33,34,35)/b17-16+. The quantitative estimate of drug-likeness (QED) is 0.0949. The van der Waals surface area contributed by atoms with Crippen molar-refractivity contribution in [3.63, 3.8) is 0 Å². The van der Waals surface area contributed by atoms with Crippen molar-refractivity contribution in [2.24, 2.45) is 0 Å². The fourth-order valence-corrected chi connectivity index (χ4v) is 4.53. The molecule has 0 aliphatic rings. The molecule has 0 spiro atoms. The molecule has 0 aromatic rings. The van der Waals surface area contributed by atoms with Gasteiger partial charge in [0.2, 0.25) is 0 Å². The van der Waals surface area contributed by atoms with Crippen molar-refractivity contribution in [1.29, 1.82) is 0 Å². The van der Waals surface area contributed by atoms with Gasteiger partial charge in [0, 0.05) is 18.8 Å². The first kappa shape index (κ1) is 33.1. The SMILES string of the molecule is CCCCCCCCCCCCCCC/C=C/CC[N+](CCC(=O)[O-])(CCC(=O)O)CCC(=O)O. The number of aliphatic carboxylic acids is 3.